The van der Waals surface area contributed by atoms with Gasteiger partial charge in [-0.05, 0) is 19.1 Å². The Labute approximate surface area is 126 Å². The Balaban J connectivity index is 1.79. The average molecular weight is 301 g/mol. The number of rotatable bonds is 2. The van der Waals surface area contributed by atoms with Gasteiger partial charge in [0.1, 0.15) is 24.2 Å². The lowest BCUT2D eigenvalue weighted by atomic mass is 10.2. The largest absolute Gasteiger partial charge is 0.489 e. The van der Waals surface area contributed by atoms with Crippen molar-refractivity contribution in [3.8, 4) is 5.75 Å². The summed E-state index contributed by atoms with van der Waals surface area (Å²) in [5.74, 6) is 0.405. The summed E-state index contributed by atoms with van der Waals surface area (Å²) in [7, 11) is 1.65. The van der Waals surface area contributed by atoms with E-state index in [9.17, 15) is 9.59 Å². The minimum atomic E-state index is -0.790. The maximum atomic E-state index is 12.5. The summed E-state index contributed by atoms with van der Waals surface area (Å²) in [5, 5.41) is 6.26. The molecule has 1 aromatic heterocycles. The van der Waals surface area contributed by atoms with Crippen molar-refractivity contribution in [1.29, 1.82) is 0 Å². The van der Waals surface area contributed by atoms with Crippen LogP contribution in [0.2, 0.25) is 0 Å². The van der Waals surface area contributed by atoms with Gasteiger partial charge >= 0.3 is 0 Å². The topological polar surface area (TPSA) is 84.7 Å². The van der Waals surface area contributed by atoms with E-state index in [2.05, 4.69) is 10.5 Å². The zero-order valence-electron chi connectivity index (χ0n) is 12.2. The fourth-order valence-electron chi connectivity index (χ4n) is 2.26. The smallest absolute Gasteiger partial charge is 0.274 e. The van der Waals surface area contributed by atoms with Crippen LogP contribution in [0.5, 0.6) is 5.75 Å². The quantitative estimate of drug-likeness (QED) is 0.899. The Hall–Kier alpha value is -2.83. The van der Waals surface area contributed by atoms with E-state index >= 15 is 0 Å². The van der Waals surface area contributed by atoms with Gasteiger partial charge in [0.05, 0.1) is 5.69 Å². The van der Waals surface area contributed by atoms with E-state index in [1.54, 1.807) is 26.1 Å². The van der Waals surface area contributed by atoms with Gasteiger partial charge in [-0.15, -0.1) is 0 Å². The highest BCUT2D eigenvalue weighted by Crippen LogP contribution is 2.29. The molecule has 0 saturated carbocycles. The Morgan fingerprint density at radius 3 is 2.91 bits per heavy atom. The van der Waals surface area contributed by atoms with Gasteiger partial charge in [0.15, 0.2) is 5.69 Å². The lowest BCUT2D eigenvalue weighted by Gasteiger charge is -2.19. The first-order valence-corrected chi connectivity index (χ1v) is 6.80. The van der Waals surface area contributed by atoms with Gasteiger partial charge in [-0.3, -0.25) is 9.59 Å². The summed E-state index contributed by atoms with van der Waals surface area (Å²) >= 11 is 0. The molecule has 114 valence electrons. The lowest BCUT2D eigenvalue weighted by molar-refractivity contribution is -0.120. The number of hydrogen-bond acceptors (Lipinski definition) is 5. The van der Waals surface area contributed by atoms with E-state index in [0.717, 1.165) is 0 Å². The van der Waals surface area contributed by atoms with Crippen LogP contribution in [-0.4, -0.2) is 36.7 Å². The molecule has 3 rings (SSSR count). The van der Waals surface area contributed by atoms with E-state index in [0.29, 0.717) is 17.2 Å². The molecule has 22 heavy (non-hydrogen) atoms. The molecule has 2 aromatic rings. The van der Waals surface area contributed by atoms with Crippen LogP contribution in [0.1, 0.15) is 16.2 Å². The molecule has 0 fully saturated rings. The standard InChI is InChI=1S/C15H15N3O4/c1-9-7-10(17-22-9)14(19)16-11-8-21-13-6-4-3-5-12(13)18(2)15(11)20/h3-7,11H,8H2,1-2H3,(H,16,19)/t11-/m0/s1. The van der Waals surface area contributed by atoms with Crippen molar-refractivity contribution in [2.75, 3.05) is 18.6 Å². The maximum absolute atomic E-state index is 12.5. The van der Waals surface area contributed by atoms with E-state index in [4.69, 9.17) is 9.26 Å². The maximum Gasteiger partial charge on any atom is 0.274 e. The monoisotopic (exact) mass is 301 g/mol. The van der Waals surface area contributed by atoms with Gasteiger partial charge in [0, 0.05) is 13.1 Å². The van der Waals surface area contributed by atoms with Crippen LogP contribution < -0.4 is 15.0 Å². The molecule has 7 heteroatoms. The van der Waals surface area contributed by atoms with Gasteiger partial charge in [0.2, 0.25) is 0 Å². The number of hydrogen-bond donors (Lipinski definition) is 1. The number of aryl methyl sites for hydroxylation is 1. The summed E-state index contributed by atoms with van der Waals surface area (Å²) in [6.45, 7) is 1.75. The molecule has 0 bridgehead atoms. The molecule has 0 radical (unpaired) electrons. The van der Waals surface area contributed by atoms with Crippen LogP contribution in [-0.2, 0) is 4.79 Å². The number of anilines is 1. The molecule has 2 heterocycles. The highest BCUT2D eigenvalue weighted by Gasteiger charge is 2.31. The van der Waals surface area contributed by atoms with Crippen LogP contribution in [0.4, 0.5) is 5.69 Å². The van der Waals surface area contributed by atoms with Crippen LogP contribution >= 0.6 is 0 Å². The predicted molar refractivity (Wildman–Crippen MR) is 77.8 cm³/mol. The third-order valence-electron chi connectivity index (χ3n) is 3.43. The van der Waals surface area contributed by atoms with Gasteiger partial charge in [0.25, 0.3) is 11.8 Å². The number of fused-ring (bicyclic) bond motifs is 1. The molecular weight excluding hydrogens is 286 g/mol. The highest BCUT2D eigenvalue weighted by molar-refractivity contribution is 6.02. The molecule has 0 unspecified atom stereocenters. The fraction of sp³-hybridized carbons (Fsp3) is 0.267. The molecule has 1 aromatic carbocycles. The van der Waals surface area contributed by atoms with E-state index < -0.39 is 11.9 Å². The van der Waals surface area contributed by atoms with Crippen molar-refractivity contribution < 1.29 is 18.8 Å². The number of carbonyl (C=O) groups is 2. The van der Waals surface area contributed by atoms with E-state index in [-0.39, 0.29) is 18.2 Å². The van der Waals surface area contributed by atoms with Crippen LogP contribution in [0.25, 0.3) is 0 Å². The van der Waals surface area contributed by atoms with Gasteiger partial charge in [-0.1, -0.05) is 17.3 Å². The van der Waals surface area contributed by atoms with Crippen molar-refractivity contribution in [3.63, 3.8) is 0 Å². The van der Waals surface area contributed by atoms with Crippen LogP contribution in [0.15, 0.2) is 34.9 Å². The number of aromatic nitrogens is 1. The summed E-state index contributed by atoms with van der Waals surface area (Å²) in [4.78, 5) is 26.0. The Morgan fingerprint density at radius 1 is 1.41 bits per heavy atom. The molecule has 1 aliphatic heterocycles. The minimum absolute atomic E-state index is 0.0583. The lowest BCUT2D eigenvalue weighted by Crippen LogP contribution is -2.49. The average Bonchev–Trinajstić information content (AvgIpc) is 2.92. The molecular formula is C15H15N3O4. The normalized spacial score (nSPS) is 17.5. The van der Waals surface area contributed by atoms with Crippen molar-refractivity contribution in [1.82, 2.24) is 10.5 Å². The minimum Gasteiger partial charge on any atom is -0.489 e. The van der Waals surface area contributed by atoms with Crippen molar-refractivity contribution in [3.05, 3.63) is 41.8 Å². The summed E-state index contributed by atoms with van der Waals surface area (Å²) in [5.41, 5.74) is 0.802. The second-order valence-electron chi connectivity index (χ2n) is 5.02. The van der Waals surface area contributed by atoms with Crippen molar-refractivity contribution >= 4 is 17.5 Å². The Bertz CT molecular complexity index is 725. The molecule has 1 aliphatic rings. The van der Waals surface area contributed by atoms with Crippen molar-refractivity contribution in [2.24, 2.45) is 0 Å². The number of benzene rings is 1. The SMILES string of the molecule is Cc1cc(C(=O)N[C@H]2COc3ccccc3N(C)C2=O)no1. The molecule has 0 saturated heterocycles. The first-order chi connectivity index (χ1) is 10.6. The zero-order valence-corrected chi connectivity index (χ0v) is 12.2. The van der Waals surface area contributed by atoms with Crippen molar-refractivity contribution in [2.45, 2.75) is 13.0 Å². The number of nitrogens with zero attached hydrogens (tertiary/aromatic N) is 2. The second kappa shape index (κ2) is 5.51. The molecule has 1 atom stereocenters. The first kappa shape index (κ1) is 14.1. The summed E-state index contributed by atoms with van der Waals surface area (Å²) in [6, 6.07) is 7.94. The Kier molecular flexibility index (Phi) is 3.54. The number of likely N-dealkylation sites (N-methyl/N-ethyl adjacent to an activating group) is 1. The number of carbonyl (C=O) groups excluding carboxylic acids is 2. The molecule has 0 spiro atoms. The molecule has 2 amide bonds. The number of para-hydroxylation sites is 2. The number of ether oxygens (including phenoxy) is 1. The van der Waals surface area contributed by atoms with E-state index in [1.807, 2.05) is 12.1 Å². The van der Waals surface area contributed by atoms with Crippen LogP contribution in [0, 0.1) is 6.92 Å². The number of nitrogens with one attached hydrogen (secondary N) is 1. The van der Waals surface area contributed by atoms with Crippen LogP contribution in [0.3, 0.4) is 0 Å². The fourth-order valence-corrected chi connectivity index (χ4v) is 2.26. The van der Waals surface area contributed by atoms with Gasteiger partial charge in [-0.25, -0.2) is 0 Å². The summed E-state index contributed by atoms with van der Waals surface area (Å²) < 4.78 is 10.5. The summed E-state index contributed by atoms with van der Waals surface area (Å²) in [6.07, 6.45) is 0. The zero-order chi connectivity index (χ0) is 15.7. The van der Waals surface area contributed by atoms with E-state index in [1.165, 1.54) is 11.0 Å². The third kappa shape index (κ3) is 2.52. The third-order valence-corrected chi connectivity index (χ3v) is 3.43. The molecule has 1 N–H and O–H groups in total. The van der Waals surface area contributed by atoms with Gasteiger partial charge < -0.3 is 19.5 Å². The first-order valence-electron chi connectivity index (χ1n) is 6.80. The highest BCUT2D eigenvalue weighted by atomic mass is 16.5. The predicted octanol–water partition coefficient (Wildman–Crippen LogP) is 1.14. The second-order valence-corrected chi connectivity index (χ2v) is 5.02. The Morgan fingerprint density at radius 2 is 2.18 bits per heavy atom. The number of amides is 2. The molecule has 7 nitrogen and oxygen atoms in total. The van der Waals surface area contributed by atoms with Gasteiger partial charge in [-0.2, -0.15) is 0 Å². The molecule has 0 aliphatic carbocycles.